The van der Waals surface area contributed by atoms with Crippen LogP contribution in [0.4, 0.5) is 5.13 Å². The van der Waals surface area contributed by atoms with E-state index in [0.717, 1.165) is 24.5 Å². The van der Waals surface area contributed by atoms with E-state index < -0.39 is 0 Å². The molecule has 3 rings (SSSR count). The summed E-state index contributed by atoms with van der Waals surface area (Å²) in [6, 6.07) is 0. The molecule has 1 atom stereocenters. The van der Waals surface area contributed by atoms with Gasteiger partial charge < -0.3 is 10.5 Å². The number of nitrogens with one attached hydrogen (secondary N) is 1. The molecule has 2 amide bonds. The minimum atomic E-state index is -0.246. The lowest BCUT2D eigenvalue weighted by Gasteiger charge is -2.29. The molecule has 0 spiro atoms. The van der Waals surface area contributed by atoms with Crippen LogP contribution in [0.25, 0.3) is 0 Å². The number of nitrogens with zero attached hydrogens (tertiary/aromatic N) is 3. The van der Waals surface area contributed by atoms with Crippen molar-refractivity contribution in [3.63, 3.8) is 0 Å². The van der Waals surface area contributed by atoms with Crippen molar-refractivity contribution in [2.45, 2.75) is 31.8 Å². The third-order valence-electron chi connectivity index (χ3n) is 4.25. The topological polar surface area (TPSA) is 110 Å². The van der Waals surface area contributed by atoms with Gasteiger partial charge in [0.05, 0.1) is 6.54 Å². The first kappa shape index (κ1) is 16.3. The summed E-state index contributed by atoms with van der Waals surface area (Å²) in [5.41, 5.74) is 5.31. The zero-order valence-electron chi connectivity index (χ0n) is 12.9. The fourth-order valence-corrected chi connectivity index (χ4v) is 3.77. The van der Waals surface area contributed by atoms with E-state index >= 15 is 0 Å². The Labute approximate surface area is 138 Å². The molecule has 8 nitrogen and oxygen atoms in total. The number of carbonyl (C=O) groups excluding carboxylic acids is 2. The highest BCUT2D eigenvalue weighted by molar-refractivity contribution is 7.15. The molecule has 1 aromatic heterocycles. The molecule has 2 aliphatic rings. The Balaban J connectivity index is 1.45. The molecule has 126 valence electrons. The zero-order chi connectivity index (χ0) is 16.2. The van der Waals surface area contributed by atoms with Crippen molar-refractivity contribution in [3.05, 3.63) is 5.01 Å². The molecule has 23 heavy (non-hydrogen) atoms. The molecule has 0 aliphatic carbocycles. The molecule has 9 heteroatoms. The maximum atomic E-state index is 12.1. The van der Waals surface area contributed by atoms with Gasteiger partial charge >= 0.3 is 0 Å². The van der Waals surface area contributed by atoms with E-state index in [4.69, 9.17) is 10.5 Å². The number of hydrogen-bond acceptors (Lipinski definition) is 7. The van der Waals surface area contributed by atoms with Crippen LogP contribution < -0.4 is 11.1 Å². The van der Waals surface area contributed by atoms with Gasteiger partial charge in [-0.1, -0.05) is 11.3 Å². The average Bonchev–Trinajstić information content (AvgIpc) is 3.18. The van der Waals surface area contributed by atoms with E-state index in [9.17, 15) is 9.59 Å². The van der Waals surface area contributed by atoms with Crippen molar-refractivity contribution < 1.29 is 14.3 Å². The second kappa shape index (κ2) is 7.33. The van der Waals surface area contributed by atoms with Crippen LogP contribution in [0, 0.1) is 5.92 Å². The molecule has 0 saturated carbocycles. The number of likely N-dealkylation sites (tertiary alicyclic amines) is 1. The summed E-state index contributed by atoms with van der Waals surface area (Å²) in [5, 5.41) is 12.2. The van der Waals surface area contributed by atoms with Crippen molar-refractivity contribution in [2.24, 2.45) is 11.7 Å². The highest BCUT2D eigenvalue weighted by Gasteiger charge is 2.25. The Morgan fingerprint density at radius 3 is 2.74 bits per heavy atom. The molecule has 0 bridgehead atoms. The third-order valence-corrected chi connectivity index (χ3v) is 5.18. The highest BCUT2D eigenvalue weighted by Crippen LogP contribution is 2.31. The summed E-state index contributed by atoms with van der Waals surface area (Å²) in [6.45, 7) is 2.46. The number of piperidine rings is 1. The van der Waals surface area contributed by atoms with Crippen LogP contribution in [0.5, 0.6) is 0 Å². The number of nitrogens with two attached hydrogens (primary N) is 1. The lowest BCUT2D eigenvalue weighted by molar-refractivity contribution is -0.123. The third kappa shape index (κ3) is 4.24. The largest absolute Gasteiger partial charge is 0.371 e. The summed E-state index contributed by atoms with van der Waals surface area (Å²) in [7, 11) is 0. The van der Waals surface area contributed by atoms with Crippen molar-refractivity contribution in [3.8, 4) is 0 Å². The number of hydrogen-bond donors (Lipinski definition) is 2. The zero-order valence-corrected chi connectivity index (χ0v) is 13.7. The number of anilines is 1. The molecular formula is C14H21N5O3S. The van der Waals surface area contributed by atoms with Gasteiger partial charge in [-0.15, -0.1) is 10.2 Å². The lowest BCUT2D eigenvalue weighted by atomic mass is 9.96. The second-order valence-electron chi connectivity index (χ2n) is 5.95. The number of amides is 2. The maximum absolute atomic E-state index is 12.1. The van der Waals surface area contributed by atoms with Gasteiger partial charge in [0.25, 0.3) is 0 Å². The Bertz CT molecular complexity index is 565. The SMILES string of the molecule is NC(=O)C1CCN(CC(=O)Nc2nnc([C@@H]3CCCO3)s2)CC1. The first-order valence-corrected chi connectivity index (χ1v) is 8.70. The fraction of sp³-hybridized carbons (Fsp3) is 0.714. The smallest absolute Gasteiger partial charge is 0.240 e. The molecule has 0 radical (unpaired) electrons. The Hall–Kier alpha value is -1.58. The summed E-state index contributed by atoms with van der Waals surface area (Å²) in [6.07, 6.45) is 3.44. The van der Waals surface area contributed by atoms with E-state index in [1.54, 1.807) is 0 Å². The predicted molar refractivity (Wildman–Crippen MR) is 84.8 cm³/mol. The van der Waals surface area contributed by atoms with Crippen molar-refractivity contribution in [1.82, 2.24) is 15.1 Å². The molecule has 1 aromatic rings. The summed E-state index contributed by atoms with van der Waals surface area (Å²) in [4.78, 5) is 25.3. The van der Waals surface area contributed by atoms with E-state index in [-0.39, 0.29) is 23.8 Å². The molecule has 0 unspecified atom stereocenters. The van der Waals surface area contributed by atoms with Crippen LogP contribution in [-0.2, 0) is 14.3 Å². The first-order valence-electron chi connectivity index (χ1n) is 7.88. The van der Waals surface area contributed by atoms with Gasteiger partial charge in [0.2, 0.25) is 16.9 Å². The second-order valence-corrected chi connectivity index (χ2v) is 6.96. The fourth-order valence-electron chi connectivity index (χ4n) is 2.93. The van der Waals surface area contributed by atoms with Crippen molar-refractivity contribution in [2.75, 3.05) is 31.6 Å². The van der Waals surface area contributed by atoms with Gasteiger partial charge in [0.15, 0.2) is 0 Å². The molecule has 2 fully saturated rings. The summed E-state index contributed by atoms with van der Waals surface area (Å²) >= 11 is 1.37. The molecule has 3 heterocycles. The predicted octanol–water partition coefficient (Wildman–Crippen LogP) is 0.525. The van der Waals surface area contributed by atoms with Gasteiger partial charge in [0.1, 0.15) is 11.1 Å². The minimum absolute atomic E-state index is 0.0194. The number of rotatable bonds is 5. The maximum Gasteiger partial charge on any atom is 0.240 e. The van der Waals surface area contributed by atoms with Crippen molar-refractivity contribution in [1.29, 1.82) is 0 Å². The van der Waals surface area contributed by atoms with Crippen LogP contribution in [-0.4, -0.2) is 53.2 Å². The van der Waals surface area contributed by atoms with E-state index in [1.807, 2.05) is 4.90 Å². The number of carbonyl (C=O) groups is 2. The van der Waals surface area contributed by atoms with Crippen LogP contribution in [0.15, 0.2) is 0 Å². The standard InChI is InChI=1S/C14H21N5O3S/c15-12(21)9-3-5-19(6-4-9)8-11(20)16-14-18-17-13(23-14)10-2-1-7-22-10/h9-10H,1-8H2,(H2,15,21)(H,16,18,20)/t10-/m0/s1. The quantitative estimate of drug-likeness (QED) is 0.809. The molecule has 3 N–H and O–H groups in total. The van der Waals surface area contributed by atoms with Gasteiger partial charge in [-0.05, 0) is 38.8 Å². The van der Waals surface area contributed by atoms with Crippen LogP contribution in [0.2, 0.25) is 0 Å². The molecule has 2 aliphatic heterocycles. The Morgan fingerprint density at radius 1 is 1.30 bits per heavy atom. The first-order chi connectivity index (χ1) is 11.1. The van der Waals surface area contributed by atoms with Crippen LogP contribution in [0.3, 0.4) is 0 Å². The summed E-state index contributed by atoms with van der Waals surface area (Å²) in [5.74, 6) is -0.423. The van der Waals surface area contributed by atoms with Crippen LogP contribution >= 0.6 is 11.3 Å². The van der Waals surface area contributed by atoms with Gasteiger partial charge in [-0.2, -0.15) is 0 Å². The number of aromatic nitrogens is 2. The van der Waals surface area contributed by atoms with Crippen LogP contribution in [0.1, 0.15) is 36.8 Å². The Morgan fingerprint density at radius 2 is 2.09 bits per heavy atom. The van der Waals surface area contributed by atoms with Gasteiger partial charge in [0, 0.05) is 12.5 Å². The normalized spacial score (nSPS) is 23.0. The average molecular weight is 339 g/mol. The number of primary amides is 1. The molecule has 0 aromatic carbocycles. The molecular weight excluding hydrogens is 318 g/mol. The number of ether oxygens (including phenoxy) is 1. The van der Waals surface area contributed by atoms with E-state index in [0.29, 0.717) is 37.6 Å². The highest BCUT2D eigenvalue weighted by atomic mass is 32.1. The van der Waals surface area contributed by atoms with E-state index in [1.165, 1.54) is 11.3 Å². The van der Waals surface area contributed by atoms with E-state index in [2.05, 4.69) is 15.5 Å². The van der Waals surface area contributed by atoms with Gasteiger partial charge in [-0.3, -0.25) is 19.8 Å². The summed E-state index contributed by atoms with van der Waals surface area (Å²) < 4.78 is 5.56. The Kier molecular flexibility index (Phi) is 5.19. The lowest BCUT2D eigenvalue weighted by Crippen LogP contribution is -2.42. The van der Waals surface area contributed by atoms with Crippen molar-refractivity contribution >= 4 is 28.3 Å². The van der Waals surface area contributed by atoms with Gasteiger partial charge in [-0.25, -0.2) is 0 Å². The monoisotopic (exact) mass is 339 g/mol. The molecule has 2 saturated heterocycles. The minimum Gasteiger partial charge on any atom is -0.371 e.